The number of nitrogens with zero attached hydrogens (tertiary/aromatic N) is 1. The molecular formula is C22H27NO2. The molecule has 132 valence electrons. The Balaban J connectivity index is 1.53. The van der Waals surface area contributed by atoms with Gasteiger partial charge in [0.2, 0.25) is 0 Å². The van der Waals surface area contributed by atoms with Crippen molar-refractivity contribution in [3.63, 3.8) is 0 Å². The van der Waals surface area contributed by atoms with Gasteiger partial charge in [0.05, 0.1) is 0 Å². The molecule has 4 aliphatic rings. The SMILES string of the molecule is C#C[C@]1(O)CC[C@H]2[C@@H]3CCC4=Cc5nocc5C[C@]4(C)[C@H]3CC[C@@]21C. The van der Waals surface area contributed by atoms with Gasteiger partial charge in [-0.3, -0.25) is 0 Å². The molecule has 4 aliphatic carbocycles. The van der Waals surface area contributed by atoms with Crippen LogP contribution in [0, 0.1) is 40.9 Å². The lowest BCUT2D eigenvalue weighted by Gasteiger charge is -2.58. The fourth-order valence-electron chi connectivity index (χ4n) is 7.14. The van der Waals surface area contributed by atoms with Crippen LogP contribution in [0.3, 0.4) is 0 Å². The molecular weight excluding hydrogens is 310 g/mol. The van der Waals surface area contributed by atoms with Crippen LogP contribution in [-0.4, -0.2) is 15.9 Å². The highest BCUT2D eigenvalue weighted by Gasteiger charge is 2.63. The Bertz CT molecular complexity index is 801. The lowest BCUT2D eigenvalue weighted by atomic mass is 9.46. The van der Waals surface area contributed by atoms with Crippen LogP contribution < -0.4 is 0 Å². The van der Waals surface area contributed by atoms with Gasteiger partial charge in [0.15, 0.2) is 0 Å². The van der Waals surface area contributed by atoms with Crippen LogP contribution in [0.2, 0.25) is 0 Å². The molecule has 0 aromatic carbocycles. The van der Waals surface area contributed by atoms with Crippen molar-refractivity contribution in [3.05, 3.63) is 23.1 Å². The topological polar surface area (TPSA) is 46.3 Å². The highest BCUT2D eigenvalue weighted by molar-refractivity contribution is 5.58. The van der Waals surface area contributed by atoms with Crippen molar-refractivity contribution < 1.29 is 9.63 Å². The summed E-state index contributed by atoms with van der Waals surface area (Å²) in [5, 5.41) is 15.2. The number of fused-ring (bicyclic) bond motifs is 6. The van der Waals surface area contributed by atoms with Gasteiger partial charge in [-0.1, -0.05) is 30.5 Å². The fourth-order valence-corrected chi connectivity index (χ4v) is 7.14. The number of aliphatic hydroxyl groups is 1. The van der Waals surface area contributed by atoms with Gasteiger partial charge in [-0.05, 0) is 74.2 Å². The zero-order valence-electron chi connectivity index (χ0n) is 15.2. The Hall–Kier alpha value is -1.53. The van der Waals surface area contributed by atoms with E-state index in [4.69, 9.17) is 10.9 Å². The van der Waals surface area contributed by atoms with Crippen molar-refractivity contribution in [2.24, 2.45) is 28.6 Å². The molecule has 1 N–H and O–H groups in total. The molecule has 3 heteroatoms. The monoisotopic (exact) mass is 337 g/mol. The van der Waals surface area contributed by atoms with E-state index in [2.05, 4.69) is 31.0 Å². The summed E-state index contributed by atoms with van der Waals surface area (Å²) < 4.78 is 5.23. The van der Waals surface area contributed by atoms with E-state index >= 15 is 0 Å². The van der Waals surface area contributed by atoms with Gasteiger partial charge in [-0.2, -0.15) is 0 Å². The largest absolute Gasteiger partial charge is 0.377 e. The molecule has 0 saturated heterocycles. The van der Waals surface area contributed by atoms with Crippen LogP contribution in [-0.2, 0) is 6.42 Å². The summed E-state index contributed by atoms with van der Waals surface area (Å²) in [6.45, 7) is 4.71. The molecule has 0 aliphatic heterocycles. The van der Waals surface area contributed by atoms with E-state index in [-0.39, 0.29) is 10.8 Å². The normalized spacial score (nSPS) is 47.8. The van der Waals surface area contributed by atoms with E-state index in [0.717, 1.165) is 44.2 Å². The number of rotatable bonds is 0. The van der Waals surface area contributed by atoms with E-state index < -0.39 is 5.60 Å². The Kier molecular flexibility index (Phi) is 3.01. The molecule has 1 aromatic heterocycles. The van der Waals surface area contributed by atoms with Crippen molar-refractivity contribution in [1.82, 2.24) is 5.16 Å². The maximum atomic E-state index is 11.1. The quantitative estimate of drug-likeness (QED) is 0.721. The first kappa shape index (κ1) is 15.7. The summed E-state index contributed by atoms with van der Waals surface area (Å²) in [7, 11) is 0. The van der Waals surface area contributed by atoms with Gasteiger partial charge in [0.1, 0.15) is 17.6 Å². The maximum absolute atomic E-state index is 11.1. The minimum atomic E-state index is -0.909. The second-order valence-electron chi connectivity index (χ2n) is 9.40. The average Bonchev–Trinajstić information content (AvgIpc) is 3.14. The summed E-state index contributed by atoms with van der Waals surface area (Å²) >= 11 is 0. The van der Waals surface area contributed by atoms with Crippen molar-refractivity contribution in [3.8, 4) is 12.3 Å². The molecule has 6 atom stereocenters. The van der Waals surface area contributed by atoms with Crippen molar-refractivity contribution >= 4 is 6.08 Å². The molecule has 0 bridgehead atoms. The van der Waals surface area contributed by atoms with E-state index in [1.807, 2.05) is 6.26 Å². The summed E-state index contributed by atoms with van der Waals surface area (Å²) in [6.07, 6.45) is 17.4. The molecule has 25 heavy (non-hydrogen) atoms. The second kappa shape index (κ2) is 4.80. The van der Waals surface area contributed by atoms with E-state index in [1.165, 1.54) is 12.0 Å². The molecule has 0 radical (unpaired) electrons. The third-order valence-electron chi connectivity index (χ3n) is 8.67. The van der Waals surface area contributed by atoms with Crippen LogP contribution in [0.15, 0.2) is 16.4 Å². The third-order valence-corrected chi connectivity index (χ3v) is 8.67. The first-order valence-corrected chi connectivity index (χ1v) is 9.76. The zero-order valence-corrected chi connectivity index (χ0v) is 15.2. The predicted molar refractivity (Wildman–Crippen MR) is 96.4 cm³/mol. The average molecular weight is 337 g/mol. The molecule has 0 amide bonds. The Labute approximate surface area is 149 Å². The minimum absolute atomic E-state index is 0.114. The van der Waals surface area contributed by atoms with Crippen molar-refractivity contribution in [2.45, 2.75) is 64.4 Å². The van der Waals surface area contributed by atoms with Gasteiger partial charge >= 0.3 is 0 Å². The molecule has 0 unspecified atom stereocenters. The second-order valence-corrected chi connectivity index (χ2v) is 9.40. The standard InChI is InChI=1S/C22H27NO2/c1-4-22(24)10-8-18-16-6-5-15-11-19-14(13-25-23-19)12-20(15,2)17(16)7-9-21(18,22)3/h1,11,13,16-18,24H,5-10,12H2,2-3H3/t16-,17+,18+,20+,21+,22+/m1/s1. The number of allylic oxidation sites excluding steroid dienone is 1. The van der Waals surface area contributed by atoms with Crippen molar-refractivity contribution in [2.75, 3.05) is 0 Å². The summed E-state index contributed by atoms with van der Waals surface area (Å²) in [5.74, 6) is 4.67. The number of hydrogen-bond acceptors (Lipinski definition) is 3. The highest BCUT2D eigenvalue weighted by atomic mass is 16.5. The third kappa shape index (κ3) is 1.79. The molecule has 3 saturated carbocycles. The smallest absolute Gasteiger partial charge is 0.130 e. The van der Waals surface area contributed by atoms with Gasteiger partial charge in [0.25, 0.3) is 0 Å². The highest BCUT2D eigenvalue weighted by Crippen LogP contribution is 2.67. The molecule has 5 rings (SSSR count). The molecule has 3 nitrogen and oxygen atoms in total. The first-order chi connectivity index (χ1) is 11.9. The van der Waals surface area contributed by atoms with E-state index in [9.17, 15) is 5.11 Å². The predicted octanol–water partition coefficient (Wildman–Crippen LogP) is 4.22. The van der Waals surface area contributed by atoms with E-state index in [0.29, 0.717) is 17.8 Å². The Morgan fingerprint density at radius 2 is 2.04 bits per heavy atom. The van der Waals surface area contributed by atoms with Gasteiger partial charge in [-0.15, -0.1) is 6.42 Å². The van der Waals surface area contributed by atoms with Crippen LogP contribution in [0.1, 0.15) is 63.6 Å². The Morgan fingerprint density at radius 3 is 2.84 bits per heavy atom. The summed E-state index contributed by atoms with van der Waals surface area (Å²) in [5.41, 5.74) is 3.04. The first-order valence-electron chi connectivity index (χ1n) is 9.76. The van der Waals surface area contributed by atoms with E-state index in [1.54, 1.807) is 5.57 Å². The zero-order chi connectivity index (χ0) is 17.4. The number of hydrogen-bond donors (Lipinski definition) is 1. The summed E-state index contributed by atoms with van der Waals surface area (Å²) in [6, 6.07) is 0. The van der Waals surface area contributed by atoms with Gasteiger partial charge < -0.3 is 9.63 Å². The molecule has 1 aromatic rings. The number of aromatic nitrogens is 1. The molecule has 0 spiro atoms. The lowest BCUT2D eigenvalue weighted by molar-refractivity contribution is -0.0974. The van der Waals surface area contributed by atoms with Crippen LogP contribution in [0.5, 0.6) is 0 Å². The number of terminal acetylenes is 1. The van der Waals surface area contributed by atoms with Crippen molar-refractivity contribution in [1.29, 1.82) is 0 Å². The minimum Gasteiger partial charge on any atom is -0.377 e. The van der Waals surface area contributed by atoms with Crippen LogP contribution in [0.25, 0.3) is 6.08 Å². The van der Waals surface area contributed by atoms with Gasteiger partial charge in [0, 0.05) is 11.0 Å². The molecule has 1 heterocycles. The lowest BCUT2D eigenvalue weighted by Crippen LogP contribution is -2.54. The Morgan fingerprint density at radius 1 is 1.24 bits per heavy atom. The fraction of sp³-hybridized carbons (Fsp3) is 0.682. The van der Waals surface area contributed by atoms with Crippen LogP contribution >= 0.6 is 0 Å². The maximum Gasteiger partial charge on any atom is 0.130 e. The summed E-state index contributed by atoms with van der Waals surface area (Å²) in [4.78, 5) is 0. The van der Waals surface area contributed by atoms with Gasteiger partial charge in [-0.25, -0.2) is 0 Å². The molecule has 3 fully saturated rings. The van der Waals surface area contributed by atoms with Crippen LogP contribution in [0.4, 0.5) is 0 Å².